The quantitative estimate of drug-likeness (QED) is 0.147. The number of fused-ring (bicyclic) bond motifs is 3. The fourth-order valence-corrected chi connectivity index (χ4v) is 10.4. The number of piperazine rings is 1. The van der Waals surface area contributed by atoms with Gasteiger partial charge in [-0.15, -0.1) is 21.5 Å². The largest absolute Gasteiger partial charge is 0.355 e. The van der Waals surface area contributed by atoms with Crippen molar-refractivity contribution in [1.29, 1.82) is 0 Å². The Morgan fingerprint density at radius 1 is 0.873 bits per heavy atom. The van der Waals surface area contributed by atoms with Gasteiger partial charge in [0.1, 0.15) is 22.7 Å². The first-order valence-electron chi connectivity index (χ1n) is 21.8. The lowest BCUT2D eigenvalue weighted by molar-refractivity contribution is -0.133. The molecule has 18 heteroatoms. The number of amides is 3. The molecule has 334 valence electrons. The van der Waals surface area contributed by atoms with Crippen LogP contribution in [0.2, 0.25) is 15.1 Å². The second kappa shape index (κ2) is 19.8. The number of thiophene rings is 1. The Kier molecular flexibility index (Phi) is 14.2. The van der Waals surface area contributed by atoms with E-state index in [9.17, 15) is 14.4 Å². The molecular formula is C45H54Cl3N11O3S. The van der Waals surface area contributed by atoms with E-state index in [0.717, 1.165) is 84.5 Å². The van der Waals surface area contributed by atoms with Crippen LogP contribution in [-0.2, 0) is 14.4 Å². The minimum Gasteiger partial charge on any atom is -0.355 e. The van der Waals surface area contributed by atoms with Gasteiger partial charge in [0, 0.05) is 72.6 Å². The Balaban J connectivity index is 0.752. The number of likely N-dealkylation sites (tertiary alicyclic amines) is 1. The topological polar surface area (TPSA) is 144 Å². The summed E-state index contributed by atoms with van der Waals surface area (Å²) in [7, 11) is 0. The number of anilines is 1. The van der Waals surface area contributed by atoms with E-state index in [1.807, 2.05) is 54.1 Å². The molecule has 2 fully saturated rings. The van der Waals surface area contributed by atoms with Crippen molar-refractivity contribution >= 4 is 81.1 Å². The van der Waals surface area contributed by atoms with Crippen LogP contribution in [0.3, 0.4) is 0 Å². The summed E-state index contributed by atoms with van der Waals surface area (Å²) >= 11 is 20.2. The molecule has 4 aliphatic heterocycles. The molecule has 0 bridgehead atoms. The van der Waals surface area contributed by atoms with Gasteiger partial charge < -0.3 is 15.5 Å². The van der Waals surface area contributed by atoms with Crippen LogP contribution in [0.15, 0.2) is 52.6 Å². The summed E-state index contributed by atoms with van der Waals surface area (Å²) in [4.78, 5) is 52.6. The monoisotopic (exact) mass is 933 g/mol. The molecule has 1 unspecified atom stereocenters. The number of hydrogen-bond donors (Lipinski definition) is 2. The average molecular weight is 935 g/mol. The standard InChI is InChI=1S/C45H54Cl3N11O3S/c1-27-24-58(34-11-12-35(47)36(48)22-34)54-43(27)51-38(60)6-5-15-49-39(61)26-55-16-13-31(14-17-55)25-56-18-20-57(21-19-56)40(62)23-37-44-53-52-30(4)59(44)45-41(28(2)29(3)63-45)42(50-37)32-7-9-33(46)10-8-32/h7-12,22,27,31,37H,5-6,13-21,23-26H2,1-4H3,(H,49,61)(H,51,54,60)/t27?,37-/m0/s1. The van der Waals surface area contributed by atoms with Gasteiger partial charge in [0.25, 0.3) is 0 Å². The summed E-state index contributed by atoms with van der Waals surface area (Å²) in [6.45, 7) is 15.3. The SMILES string of the molecule is Cc1sc2c(c1C)C(c1ccc(Cl)cc1)=N[C@@H](CC(=O)N1CCN(CC3CCN(CC(=O)NCCCC(=O)NC4=NN(c5ccc(Cl)c(Cl)c5)CC4C)CC3)CC1)c1nnc(C)n1-2. The van der Waals surface area contributed by atoms with Crippen molar-refractivity contribution in [3.05, 3.63) is 90.7 Å². The number of carbonyl (C=O) groups excluding carboxylic acids is 3. The Bertz CT molecular complexity index is 2400. The molecular weight excluding hydrogens is 881 g/mol. The van der Waals surface area contributed by atoms with E-state index in [-0.39, 0.29) is 36.5 Å². The van der Waals surface area contributed by atoms with Crippen molar-refractivity contribution in [2.75, 3.05) is 70.5 Å². The number of nitrogens with one attached hydrogen (secondary N) is 2. The second-order valence-electron chi connectivity index (χ2n) is 17.1. The van der Waals surface area contributed by atoms with Crippen LogP contribution in [0, 0.1) is 32.6 Å². The number of hydrazone groups is 1. The van der Waals surface area contributed by atoms with Crippen LogP contribution in [0.5, 0.6) is 0 Å². The highest BCUT2D eigenvalue weighted by molar-refractivity contribution is 7.15. The molecule has 3 amide bonds. The van der Waals surface area contributed by atoms with Crippen LogP contribution in [-0.4, -0.2) is 124 Å². The first kappa shape index (κ1) is 45.2. The summed E-state index contributed by atoms with van der Waals surface area (Å²) in [5.74, 6) is 2.59. The Labute approximate surface area is 387 Å². The summed E-state index contributed by atoms with van der Waals surface area (Å²) in [6, 6.07) is 12.6. The lowest BCUT2D eigenvalue weighted by Crippen LogP contribution is -2.51. The third kappa shape index (κ3) is 10.4. The van der Waals surface area contributed by atoms with Crippen LogP contribution in [0.4, 0.5) is 5.69 Å². The van der Waals surface area contributed by atoms with Crippen LogP contribution < -0.4 is 15.6 Å². The molecule has 2 aromatic carbocycles. The average Bonchev–Trinajstić information content (AvgIpc) is 3.90. The van der Waals surface area contributed by atoms with Gasteiger partial charge in [0.15, 0.2) is 5.82 Å². The van der Waals surface area contributed by atoms with E-state index in [4.69, 9.17) is 39.8 Å². The number of piperidine rings is 1. The number of benzene rings is 2. The predicted octanol–water partition coefficient (Wildman–Crippen LogP) is 6.84. The summed E-state index contributed by atoms with van der Waals surface area (Å²) in [5.41, 5.74) is 4.83. The van der Waals surface area contributed by atoms with Gasteiger partial charge in [-0.05, 0) is 94.9 Å². The zero-order valence-corrected chi connectivity index (χ0v) is 39.3. The Morgan fingerprint density at radius 3 is 2.35 bits per heavy atom. The second-order valence-corrected chi connectivity index (χ2v) is 19.5. The van der Waals surface area contributed by atoms with E-state index in [2.05, 4.69) is 54.1 Å². The molecule has 2 N–H and O–H groups in total. The zero-order valence-electron chi connectivity index (χ0n) is 36.2. The number of aromatic nitrogens is 3. The first-order chi connectivity index (χ1) is 30.3. The molecule has 6 heterocycles. The third-order valence-electron chi connectivity index (χ3n) is 12.6. The van der Waals surface area contributed by atoms with Gasteiger partial charge in [0.05, 0.1) is 41.0 Å². The summed E-state index contributed by atoms with van der Waals surface area (Å²) in [5, 5.41) is 24.0. The number of carbonyl (C=O) groups is 3. The molecule has 0 saturated carbocycles. The van der Waals surface area contributed by atoms with Crippen LogP contribution in [0.25, 0.3) is 5.00 Å². The van der Waals surface area contributed by atoms with E-state index in [1.54, 1.807) is 23.5 Å². The molecule has 4 aromatic rings. The van der Waals surface area contributed by atoms with Gasteiger partial charge in [-0.25, -0.2) is 0 Å². The van der Waals surface area contributed by atoms with Crippen LogP contribution >= 0.6 is 46.1 Å². The number of nitrogens with zero attached hydrogens (tertiary/aromatic N) is 9. The van der Waals surface area contributed by atoms with E-state index in [1.165, 1.54) is 4.88 Å². The Hall–Kier alpha value is -4.38. The maximum atomic E-state index is 14.0. The molecule has 8 rings (SSSR count). The third-order valence-corrected chi connectivity index (χ3v) is 14.7. The highest BCUT2D eigenvalue weighted by Crippen LogP contribution is 2.40. The van der Waals surface area contributed by atoms with Crippen molar-refractivity contribution in [1.82, 2.24) is 40.1 Å². The molecule has 14 nitrogen and oxygen atoms in total. The summed E-state index contributed by atoms with van der Waals surface area (Å²) < 4.78 is 2.09. The molecule has 0 spiro atoms. The van der Waals surface area contributed by atoms with Gasteiger partial charge in [-0.1, -0.05) is 53.9 Å². The maximum absolute atomic E-state index is 14.0. The van der Waals surface area contributed by atoms with Gasteiger partial charge in [-0.2, -0.15) is 5.10 Å². The van der Waals surface area contributed by atoms with Gasteiger partial charge in [-0.3, -0.25) is 38.8 Å². The maximum Gasteiger partial charge on any atom is 0.234 e. The van der Waals surface area contributed by atoms with E-state index < -0.39 is 6.04 Å². The predicted molar refractivity (Wildman–Crippen MR) is 251 cm³/mol. The number of amidine groups is 1. The fourth-order valence-electron chi connectivity index (χ4n) is 8.81. The van der Waals surface area contributed by atoms with Crippen LogP contribution in [0.1, 0.15) is 78.3 Å². The number of rotatable bonds is 12. The zero-order chi connectivity index (χ0) is 44.4. The highest BCUT2D eigenvalue weighted by atomic mass is 35.5. The lowest BCUT2D eigenvalue weighted by atomic mass is 9.96. The van der Waals surface area contributed by atoms with Gasteiger partial charge in [0.2, 0.25) is 17.7 Å². The number of halogens is 3. The number of aliphatic imine (C=N–C) groups is 1. The number of aryl methyl sites for hydroxylation is 2. The molecule has 2 saturated heterocycles. The van der Waals surface area contributed by atoms with Crippen molar-refractivity contribution in [3.8, 4) is 5.00 Å². The first-order valence-corrected chi connectivity index (χ1v) is 23.7. The normalized spacial score (nSPS) is 19.6. The molecule has 2 aromatic heterocycles. The molecule has 0 aliphatic carbocycles. The molecule has 0 radical (unpaired) electrons. The molecule has 4 aliphatic rings. The smallest absolute Gasteiger partial charge is 0.234 e. The Morgan fingerprint density at radius 2 is 1.62 bits per heavy atom. The molecule has 2 atom stereocenters. The van der Waals surface area contributed by atoms with Crippen molar-refractivity contribution < 1.29 is 14.4 Å². The van der Waals surface area contributed by atoms with Crippen molar-refractivity contribution in [3.63, 3.8) is 0 Å². The minimum atomic E-state index is -0.488. The molecule has 63 heavy (non-hydrogen) atoms. The van der Waals surface area contributed by atoms with Gasteiger partial charge >= 0.3 is 0 Å². The highest BCUT2D eigenvalue weighted by Gasteiger charge is 2.34. The van der Waals surface area contributed by atoms with Crippen molar-refractivity contribution in [2.45, 2.75) is 65.8 Å². The van der Waals surface area contributed by atoms with E-state index in [0.29, 0.717) is 71.8 Å². The fraction of sp³-hybridized carbons (Fsp3) is 0.489. The summed E-state index contributed by atoms with van der Waals surface area (Å²) in [6.07, 6.45) is 3.08. The van der Waals surface area contributed by atoms with E-state index >= 15 is 0 Å². The lowest BCUT2D eigenvalue weighted by Gasteiger charge is -2.39. The van der Waals surface area contributed by atoms with Crippen molar-refractivity contribution in [2.24, 2.45) is 21.9 Å². The number of hydrogen-bond acceptors (Lipinski definition) is 11. The minimum absolute atomic E-state index is 0.0203.